The van der Waals surface area contributed by atoms with Crippen LogP contribution in [0.2, 0.25) is 5.02 Å². The van der Waals surface area contributed by atoms with Gasteiger partial charge in [-0.15, -0.1) is 0 Å². The van der Waals surface area contributed by atoms with Crippen LogP contribution in [-0.4, -0.2) is 30.3 Å². The molecule has 2 amide bonds. The number of amides is 2. The van der Waals surface area contributed by atoms with Crippen LogP contribution in [0, 0.1) is 0 Å². The molecule has 0 aliphatic carbocycles. The summed E-state index contributed by atoms with van der Waals surface area (Å²) in [4.78, 5) is 24.4. The zero-order valence-electron chi connectivity index (χ0n) is 12.7. The van der Waals surface area contributed by atoms with Crippen molar-refractivity contribution in [1.82, 2.24) is 10.2 Å². The van der Waals surface area contributed by atoms with Crippen molar-refractivity contribution in [3.05, 3.63) is 34.9 Å². The summed E-state index contributed by atoms with van der Waals surface area (Å²) in [7, 11) is 1.81. The fourth-order valence-corrected chi connectivity index (χ4v) is 2.24. The average Bonchev–Trinajstić information content (AvgIpc) is 2.42. The van der Waals surface area contributed by atoms with Crippen molar-refractivity contribution in [2.75, 3.05) is 13.6 Å². The topological polar surface area (TPSA) is 49.4 Å². The van der Waals surface area contributed by atoms with Gasteiger partial charge >= 0.3 is 0 Å². The molecule has 0 saturated heterocycles. The first-order valence-electron chi connectivity index (χ1n) is 7.22. The number of nitrogens with one attached hydrogen (secondary N) is 1. The minimum Gasteiger partial charge on any atom is -0.356 e. The van der Waals surface area contributed by atoms with Gasteiger partial charge in [0.25, 0.3) is 0 Å². The normalized spacial score (nSPS) is 10.2. The zero-order chi connectivity index (χ0) is 15.7. The molecule has 4 nitrogen and oxygen atoms in total. The molecule has 0 aliphatic heterocycles. The Kier molecular flexibility index (Phi) is 7.83. The maximum atomic E-state index is 12.0. The molecule has 0 saturated carbocycles. The lowest BCUT2D eigenvalue weighted by Crippen LogP contribution is -2.26. The molecule has 0 aromatic heterocycles. The Hall–Kier alpha value is -1.55. The fraction of sp³-hybridized carbons (Fsp3) is 0.500. The molecule has 21 heavy (non-hydrogen) atoms. The highest BCUT2D eigenvalue weighted by Gasteiger charge is 2.09. The number of carbonyl (C=O) groups is 2. The summed E-state index contributed by atoms with van der Waals surface area (Å²) in [6, 6.07) is 7.54. The third kappa shape index (κ3) is 7.71. The van der Waals surface area contributed by atoms with Gasteiger partial charge in [-0.2, -0.15) is 0 Å². The number of hydrogen-bond donors (Lipinski definition) is 1. The van der Waals surface area contributed by atoms with Crippen molar-refractivity contribution in [2.24, 2.45) is 0 Å². The molecule has 0 heterocycles. The molecule has 0 atom stereocenters. The lowest BCUT2D eigenvalue weighted by Gasteiger charge is -2.17. The first-order chi connectivity index (χ1) is 9.99. The van der Waals surface area contributed by atoms with E-state index in [2.05, 4.69) is 5.32 Å². The number of carbonyl (C=O) groups excluding carboxylic acids is 2. The van der Waals surface area contributed by atoms with Crippen LogP contribution in [0.25, 0.3) is 0 Å². The Bertz CT molecular complexity index is 477. The summed E-state index contributed by atoms with van der Waals surface area (Å²) < 4.78 is 0. The van der Waals surface area contributed by atoms with Gasteiger partial charge in [0.2, 0.25) is 11.8 Å². The van der Waals surface area contributed by atoms with Gasteiger partial charge in [-0.25, -0.2) is 0 Å². The smallest absolute Gasteiger partial charge is 0.222 e. The van der Waals surface area contributed by atoms with Gasteiger partial charge in [0.15, 0.2) is 0 Å². The molecule has 1 aromatic carbocycles. The van der Waals surface area contributed by atoms with Crippen molar-refractivity contribution < 1.29 is 9.59 Å². The summed E-state index contributed by atoms with van der Waals surface area (Å²) in [5.74, 6) is 0.127. The molecular weight excluding hydrogens is 288 g/mol. The number of halogens is 1. The van der Waals surface area contributed by atoms with Gasteiger partial charge in [0.1, 0.15) is 0 Å². The van der Waals surface area contributed by atoms with E-state index in [1.807, 2.05) is 24.3 Å². The largest absolute Gasteiger partial charge is 0.356 e. The quantitative estimate of drug-likeness (QED) is 0.750. The van der Waals surface area contributed by atoms with E-state index in [1.54, 1.807) is 11.9 Å². The van der Waals surface area contributed by atoms with Gasteiger partial charge in [0.05, 0.1) is 0 Å². The molecule has 116 valence electrons. The average molecular weight is 311 g/mol. The minimum atomic E-state index is -0.00710. The Balaban J connectivity index is 2.21. The van der Waals surface area contributed by atoms with Crippen LogP contribution in [0.5, 0.6) is 0 Å². The van der Waals surface area contributed by atoms with E-state index in [0.717, 1.165) is 24.8 Å². The monoisotopic (exact) mass is 310 g/mol. The molecule has 0 radical (unpaired) electrons. The van der Waals surface area contributed by atoms with E-state index in [-0.39, 0.29) is 11.8 Å². The summed E-state index contributed by atoms with van der Waals surface area (Å²) in [5, 5.41) is 3.43. The Morgan fingerprint density at radius 2 is 2.00 bits per heavy atom. The van der Waals surface area contributed by atoms with Crippen LogP contribution in [-0.2, 0) is 16.1 Å². The summed E-state index contributed by atoms with van der Waals surface area (Å²) in [6.45, 7) is 2.77. The zero-order valence-corrected chi connectivity index (χ0v) is 13.4. The lowest BCUT2D eigenvalue weighted by atomic mass is 10.1. The first-order valence-corrected chi connectivity index (χ1v) is 7.59. The molecule has 0 spiro atoms. The SMILES string of the molecule is CC(=O)NCCCCCC(=O)N(C)Cc1cccc(Cl)c1. The highest BCUT2D eigenvalue weighted by molar-refractivity contribution is 6.30. The van der Waals surface area contributed by atoms with Crippen molar-refractivity contribution >= 4 is 23.4 Å². The number of nitrogens with zero attached hydrogens (tertiary/aromatic N) is 1. The number of hydrogen-bond acceptors (Lipinski definition) is 2. The summed E-state index contributed by atoms with van der Waals surface area (Å²) in [5.41, 5.74) is 1.03. The van der Waals surface area contributed by atoms with E-state index in [9.17, 15) is 9.59 Å². The standard InChI is InChI=1S/C16H23ClN2O2/c1-13(20)18-10-5-3-4-9-16(21)19(2)12-14-7-6-8-15(17)11-14/h6-8,11H,3-5,9-10,12H2,1-2H3,(H,18,20). The predicted molar refractivity (Wildman–Crippen MR) is 85.1 cm³/mol. The van der Waals surface area contributed by atoms with Gasteiger partial charge in [-0.1, -0.05) is 30.2 Å². The summed E-state index contributed by atoms with van der Waals surface area (Å²) in [6.07, 6.45) is 3.23. The molecule has 5 heteroatoms. The fourth-order valence-electron chi connectivity index (χ4n) is 2.03. The second kappa shape index (κ2) is 9.40. The summed E-state index contributed by atoms with van der Waals surface area (Å²) >= 11 is 5.93. The highest BCUT2D eigenvalue weighted by Crippen LogP contribution is 2.13. The molecule has 1 N–H and O–H groups in total. The van der Waals surface area contributed by atoms with Crippen LogP contribution >= 0.6 is 11.6 Å². The maximum Gasteiger partial charge on any atom is 0.222 e. The Morgan fingerprint density at radius 3 is 2.67 bits per heavy atom. The highest BCUT2D eigenvalue weighted by atomic mass is 35.5. The molecular formula is C16H23ClN2O2. The van der Waals surface area contributed by atoms with Crippen LogP contribution < -0.4 is 5.32 Å². The van der Waals surface area contributed by atoms with E-state index in [0.29, 0.717) is 24.5 Å². The molecule has 1 rings (SSSR count). The van der Waals surface area contributed by atoms with Crippen LogP contribution in [0.1, 0.15) is 38.2 Å². The van der Waals surface area contributed by atoms with Crippen LogP contribution in [0.4, 0.5) is 0 Å². The number of unbranched alkanes of at least 4 members (excludes halogenated alkanes) is 2. The lowest BCUT2D eigenvalue weighted by molar-refractivity contribution is -0.130. The van der Waals surface area contributed by atoms with Crippen LogP contribution in [0.15, 0.2) is 24.3 Å². The van der Waals surface area contributed by atoms with E-state index in [1.165, 1.54) is 6.92 Å². The Labute approximate surface area is 131 Å². The second-order valence-corrected chi connectivity index (χ2v) is 5.61. The Morgan fingerprint density at radius 1 is 1.24 bits per heavy atom. The van der Waals surface area contributed by atoms with Gasteiger partial charge in [-0.3, -0.25) is 9.59 Å². The van der Waals surface area contributed by atoms with Gasteiger partial charge in [0, 0.05) is 38.5 Å². The molecule has 0 bridgehead atoms. The van der Waals surface area contributed by atoms with Crippen LogP contribution in [0.3, 0.4) is 0 Å². The predicted octanol–water partition coefficient (Wildman–Crippen LogP) is 2.99. The number of rotatable bonds is 8. The maximum absolute atomic E-state index is 12.0. The van der Waals surface area contributed by atoms with Crippen molar-refractivity contribution in [2.45, 2.75) is 39.2 Å². The van der Waals surface area contributed by atoms with E-state index in [4.69, 9.17) is 11.6 Å². The van der Waals surface area contributed by atoms with Crippen molar-refractivity contribution in [1.29, 1.82) is 0 Å². The van der Waals surface area contributed by atoms with Crippen molar-refractivity contribution in [3.8, 4) is 0 Å². The van der Waals surface area contributed by atoms with E-state index < -0.39 is 0 Å². The molecule has 0 aliphatic rings. The van der Waals surface area contributed by atoms with E-state index >= 15 is 0 Å². The first kappa shape index (κ1) is 17.5. The van der Waals surface area contributed by atoms with Gasteiger partial charge in [-0.05, 0) is 30.5 Å². The number of benzene rings is 1. The minimum absolute atomic E-state index is 0.00710. The molecule has 0 unspecified atom stereocenters. The third-order valence-corrected chi connectivity index (χ3v) is 3.41. The van der Waals surface area contributed by atoms with Crippen molar-refractivity contribution in [3.63, 3.8) is 0 Å². The molecule has 0 fully saturated rings. The third-order valence-electron chi connectivity index (χ3n) is 3.18. The van der Waals surface area contributed by atoms with Gasteiger partial charge < -0.3 is 10.2 Å². The molecule has 1 aromatic rings. The second-order valence-electron chi connectivity index (χ2n) is 5.17.